The summed E-state index contributed by atoms with van der Waals surface area (Å²) in [4.78, 5) is 4.32. The van der Waals surface area contributed by atoms with E-state index >= 15 is 0 Å². The molecular formula is C20H20N6O3S. The number of anilines is 1. The fourth-order valence-electron chi connectivity index (χ4n) is 3.07. The maximum atomic E-state index is 11.9. The molecule has 0 aliphatic carbocycles. The Morgan fingerprint density at radius 2 is 1.80 bits per heavy atom. The maximum absolute atomic E-state index is 11.9. The normalized spacial score (nSPS) is 11.7. The number of benzene rings is 2. The van der Waals surface area contributed by atoms with Gasteiger partial charge in [-0.15, -0.1) is 5.10 Å². The van der Waals surface area contributed by atoms with Crippen molar-refractivity contribution in [2.24, 2.45) is 0 Å². The van der Waals surface area contributed by atoms with E-state index in [9.17, 15) is 8.42 Å². The fraction of sp³-hybridized carbons (Fsp3) is 0.150. The van der Waals surface area contributed by atoms with E-state index in [0.717, 1.165) is 22.3 Å². The molecule has 0 spiro atoms. The molecule has 0 bridgehead atoms. The Labute approximate surface area is 173 Å². The average molecular weight is 424 g/mol. The molecule has 0 fully saturated rings. The number of fused-ring (bicyclic) bond motifs is 1. The largest absolute Gasteiger partial charge is 0.486 e. The van der Waals surface area contributed by atoms with Crippen LogP contribution in [0.3, 0.4) is 0 Å². The van der Waals surface area contributed by atoms with Crippen LogP contribution in [-0.4, -0.2) is 35.9 Å². The van der Waals surface area contributed by atoms with Gasteiger partial charge in [0.1, 0.15) is 12.4 Å². The van der Waals surface area contributed by atoms with Gasteiger partial charge in [0.15, 0.2) is 11.3 Å². The van der Waals surface area contributed by atoms with Gasteiger partial charge >= 0.3 is 0 Å². The molecule has 0 amide bonds. The number of nitrogens with one attached hydrogen (secondary N) is 2. The lowest BCUT2D eigenvalue weighted by Gasteiger charge is -2.11. The Morgan fingerprint density at radius 3 is 2.50 bits per heavy atom. The molecule has 9 nitrogen and oxygen atoms in total. The Hall–Kier alpha value is -3.50. The summed E-state index contributed by atoms with van der Waals surface area (Å²) in [6.07, 6.45) is 0. The maximum Gasteiger partial charge on any atom is 0.240 e. The van der Waals surface area contributed by atoms with Gasteiger partial charge in [-0.25, -0.2) is 18.1 Å². The van der Waals surface area contributed by atoms with E-state index in [-0.39, 0.29) is 4.90 Å². The van der Waals surface area contributed by atoms with Crippen molar-refractivity contribution in [2.45, 2.75) is 18.4 Å². The highest BCUT2D eigenvalue weighted by Crippen LogP contribution is 2.27. The number of H-pyrrole nitrogens is 1. The summed E-state index contributed by atoms with van der Waals surface area (Å²) in [7, 11) is -2.06. The van der Waals surface area contributed by atoms with Gasteiger partial charge in [-0.3, -0.25) is 0 Å². The molecule has 0 aliphatic rings. The van der Waals surface area contributed by atoms with Crippen molar-refractivity contribution < 1.29 is 13.2 Å². The number of ether oxygens (including phenoxy) is 1. The average Bonchev–Trinajstić information content (AvgIpc) is 3.21. The van der Waals surface area contributed by atoms with Crippen LogP contribution in [0.1, 0.15) is 11.1 Å². The Balaban J connectivity index is 1.54. The van der Waals surface area contributed by atoms with Crippen LogP contribution >= 0.6 is 0 Å². The van der Waals surface area contributed by atoms with Crippen molar-refractivity contribution in [3.8, 4) is 16.9 Å². The summed E-state index contributed by atoms with van der Waals surface area (Å²) < 4.78 is 32.0. The predicted molar refractivity (Wildman–Crippen MR) is 113 cm³/mol. The molecule has 0 radical (unpaired) electrons. The van der Waals surface area contributed by atoms with Crippen LogP contribution in [0.2, 0.25) is 0 Å². The minimum absolute atomic E-state index is 0.228. The minimum Gasteiger partial charge on any atom is -0.486 e. The van der Waals surface area contributed by atoms with Crippen LogP contribution in [0.25, 0.3) is 22.3 Å². The molecule has 2 heterocycles. The Bertz CT molecular complexity index is 1320. The molecule has 2 aromatic heterocycles. The topological polar surface area (TPSA) is 136 Å². The molecule has 4 aromatic rings. The quantitative estimate of drug-likeness (QED) is 0.432. The van der Waals surface area contributed by atoms with E-state index in [2.05, 4.69) is 25.1 Å². The first-order chi connectivity index (χ1) is 14.4. The third-order valence-electron chi connectivity index (χ3n) is 4.77. The molecule has 0 saturated carbocycles. The molecule has 154 valence electrons. The highest BCUT2D eigenvalue weighted by Gasteiger charge is 2.12. The number of pyridine rings is 1. The van der Waals surface area contributed by atoms with Gasteiger partial charge in [0.25, 0.3) is 0 Å². The lowest BCUT2D eigenvalue weighted by molar-refractivity contribution is 0.308. The third kappa shape index (κ3) is 3.82. The zero-order chi connectivity index (χ0) is 21.3. The van der Waals surface area contributed by atoms with E-state index in [4.69, 9.17) is 10.5 Å². The molecule has 0 unspecified atom stereocenters. The van der Waals surface area contributed by atoms with E-state index in [0.29, 0.717) is 29.3 Å². The molecule has 0 saturated heterocycles. The van der Waals surface area contributed by atoms with Gasteiger partial charge in [-0.2, -0.15) is 10.3 Å². The second kappa shape index (κ2) is 7.73. The van der Waals surface area contributed by atoms with Crippen molar-refractivity contribution in [2.75, 3.05) is 12.8 Å². The summed E-state index contributed by atoms with van der Waals surface area (Å²) in [6, 6.07) is 14.4. The highest BCUT2D eigenvalue weighted by atomic mass is 32.2. The van der Waals surface area contributed by atoms with Crippen molar-refractivity contribution in [3.63, 3.8) is 0 Å². The van der Waals surface area contributed by atoms with E-state index in [1.54, 1.807) is 30.3 Å². The summed E-state index contributed by atoms with van der Waals surface area (Å²) in [5.74, 6) is 0.818. The number of aromatic nitrogens is 4. The molecule has 4 rings (SSSR count). The van der Waals surface area contributed by atoms with E-state index < -0.39 is 10.0 Å². The van der Waals surface area contributed by atoms with Crippen molar-refractivity contribution >= 4 is 27.0 Å². The number of rotatable bonds is 6. The molecule has 0 aliphatic heterocycles. The van der Waals surface area contributed by atoms with Gasteiger partial charge in [-0.05, 0) is 48.4 Å². The van der Waals surface area contributed by atoms with Gasteiger partial charge in [-0.1, -0.05) is 30.3 Å². The molecular weight excluding hydrogens is 404 g/mol. The van der Waals surface area contributed by atoms with Crippen LogP contribution in [0.4, 0.5) is 5.82 Å². The zero-order valence-corrected chi connectivity index (χ0v) is 17.2. The van der Waals surface area contributed by atoms with Gasteiger partial charge in [0.2, 0.25) is 15.7 Å². The van der Waals surface area contributed by atoms with Crippen LogP contribution in [-0.2, 0) is 16.6 Å². The zero-order valence-electron chi connectivity index (χ0n) is 16.4. The third-order valence-corrected chi connectivity index (χ3v) is 6.20. The van der Waals surface area contributed by atoms with Crippen molar-refractivity contribution in [3.05, 3.63) is 59.7 Å². The lowest BCUT2D eigenvalue weighted by atomic mass is 10.0. The molecule has 0 atom stereocenters. The number of nitrogens with two attached hydrogens (primary N) is 1. The first-order valence-corrected chi connectivity index (χ1v) is 10.6. The number of hydrogen-bond donors (Lipinski definition) is 3. The summed E-state index contributed by atoms with van der Waals surface area (Å²) in [5.41, 5.74) is 10.7. The second-order valence-corrected chi connectivity index (χ2v) is 8.59. The number of sulfonamides is 1. The molecule has 2 aromatic carbocycles. The van der Waals surface area contributed by atoms with Crippen LogP contribution in [0.5, 0.6) is 5.75 Å². The summed E-state index contributed by atoms with van der Waals surface area (Å²) >= 11 is 0. The number of nitrogens with zero attached hydrogens (tertiary/aromatic N) is 3. The Kier molecular flexibility index (Phi) is 5.10. The van der Waals surface area contributed by atoms with Gasteiger partial charge in [0.05, 0.1) is 4.90 Å². The summed E-state index contributed by atoms with van der Waals surface area (Å²) in [5, 5.41) is 10.5. The SMILES string of the molecule is CNS(=O)(=O)c1ccc(-c2ccc(COc3cc(N)nc4n[nH]nc34)c(C)c2)cc1. The standard InChI is InChI=1S/C20H20N6O3S/c1-12-9-14(13-5-7-16(8-6-13)30(27,28)22-2)3-4-15(12)11-29-17-10-18(21)23-20-19(17)24-26-25-20/h3-10,22H,11H2,1-2H3,(H3,21,23,24,25,26). The molecule has 10 heteroatoms. The Morgan fingerprint density at radius 1 is 1.07 bits per heavy atom. The smallest absolute Gasteiger partial charge is 0.240 e. The number of aryl methyl sites for hydroxylation is 1. The number of nitrogen functional groups attached to an aromatic ring is 1. The minimum atomic E-state index is -3.45. The van der Waals surface area contributed by atoms with Crippen molar-refractivity contribution in [1.82, 2.24) is 25.1 Å². The fourth-order valence-corrected chi connectivity index (χ4v) is 3.80. The van der Waals surface area contributed by atoms with Crippen LogP contribution in [0, 0.1) is 6.92 Å². The number of aromatic amines is 1. The van der Waals surface area contributed by atoms with Crippen LogP contribution in [0.15, 0.2) is 53.4 Å². The second-order valence-electron chi connectivity index (χ2n) is 6.70. The highest BCUT2D eigenvalue weighted by molar-refractivity contribution is 7.89. The summed E-state index contributed by atoms with van der Waals surface area (Å²) in [6.45, 7) is 2.32. The van der Waals surface area contributed by atoms with E-state index in [1.165, 1.54) is 7.05 Å². The first kappa shape index (κ1) is 19.8. The van der Waals surface area contributed by atoms with E-state index in [1.807, 2.05) is 25.1 Å². The lowest BCUT2D eigenvalue weighted by Crippen LogP contribution is -2.18. The first-order valence-electron chi connectivity index (χ1n) is 9.11. The van der Waals surface area contributed by atoms with Gasteiger partial charge in [0, 0.05) is 6.07 Å². The molecule has 30 heavy (non-hydrogen) atoms. The predicted octanol–water partition coefficient (Wildman–Crippen LogP) is 2.40. The molecule has 4 N–H and O–H groups in total. The van der Waals surface area contributed by atoms with Crippen molar-refractivity contribution in [1.29, 1.82) is 0 Å². The van der Waals surface area contributed by atoms with Gasteiger partial charge < -0.3 is 10.5 Å². The monoisotopic (exact) mass is 424 g/mol. The van der Waals surface area contributed by atoms with Crippen LogP contribution < -0.4 is 15.2 Å². The number of hydrogen-bond acceptors (Lipinski definition) is 7.